The van der Waals surface area contributed by atoms with Gasteiger partial charge in [-0.2, -0.15) is 10.2 Å². The molecule has 6 rings (SSSR count). The average molecular weight is 565 g/mol. The molecule has 0 bridgehead atoms. The number of carbonyl (C=O) groups excluding carboxylic acids is 1. The summed E-state index contributed by atoms with van der Waals surface area (Å²) in [6.45, 7) is 6.49. The van der Waals surface area contributed by atoms with E-state index in [1.807, 2.05) is 79.3 Å². The van der Waals surface area contributed by atoms with E-state index in [4.69, 9.17) is 19.7 Å². The van der Waals surface area contributed by atoms with Gasteiger partial charge in [0.1, 0.15) is 17.2 Å². The lowest BCUT2D eigenvalue weighted by Gasteiger charge is -2.22. The third-order valence-electron chi connectivity index (χ3n) is 8.09. The zero-order valence-electron chi connectivity index (χ0n) is 24.5. The molecular weight excluding hydrogens is 528 g/mol. The summed E-state index contributed by atoms with van der Waals surface area (Å²) in [5.41, 5.74) is 6.90. The van der Waals surface area contributed by atoms with Crippen molar-refractivity contribution >= 4 is 22.5 Å². The number of hydrogen-bond donors (Lipinski definition) is 2. The van der Waals surface area contributed by atoms with Gasteiger partial charge in [0.2, 0.25) is 0 Å². The molecule has 216 valence electrons. The summed E-state index contributed by atoms with van der Waals surface area (Å²) < 4.78 is 15.1. The van der Waals surface area contributed by atoms with E-state index in [9.17, 15) is 4.79 Å². The van der Waals surface area contributed by atoms with Gasteiger partial charge in [-0.3, -0.25) is 14.2 Å². The highest BCUT2D eigenvalue weighted by Gasteiger charge is 2.23. The number of hydrogen-bond acceptors (Lipinski definition) is 6. The van der Waals surface area contributed by atoms with Crippen molar-refractivity contribution in [2.24, 2.45) is 0 Å². The number of carbonyl (C=O) groups is 1. The van der Waals surface area contributed by atoms with Crippen LogP contribution in [0.3, 0.4) is 0 Å². The Kier molecular flexibility index (Phi) is 7.67. The van der Waals surface area contributed by atoms with Gasteiger partial charge < -0.3 is 20.1 Å². The highest BCUT2D eigenvalue weighted by Crippen LogP contribution is 2.35. The first kappa shape index (κ1) is 27.5. The summed E-state index contributed by atoms with van der Waals surface area (Å²) in [6.07, 6.45) is 6.03. The number of rotatable bonds is 8. The van der Waals surface area contributed by atoms with Crippen LogP contribution in [-0.2, 0) is 6.54 Å². The van der Waals surface area contributed by atoms with Crippen LogP contribution in [0.25, 0.3) is 22.2 Å². The molecule has 0 aliphatic carbocycles. The maximum Gasteiger partial charge on any atom is 0.259 e. The highest BCUT2D eigenvalue weighted by molar-refractivity contribution is 6.10. The van der Waals surface area contributed by atoms with Crippen molar-refractivity contribution in [2.45, 2.75) is 39.3 Å². The summed E-state index contributed by atoms with van der Waals surface area (Å²) in [5.74, 6) is 1.06. The fraction of sp³-hybridized carbons (Fsp3) is 0.303. The average Bonchev–Trinajstić information content (AvgIpc) is 3.64. The molecule has 42 heavy (non-hydrogen) atoms. The molecule has 9 nitrogen and oxygen atoms in total. The number of nitrogens with one attached hydrogen (secondary N) is 2. The molecule has 0 unspecified atom stereocenters. The minimum absolute atomic E-state index is 0.231. The Hall–Kier alpha value is -4.63. The van der Waals surface area contributed by atoms with E-state index in [0.29, 0.717) is 23.9 Å². The Bertz CT molecular complexity index is 1710. The van der Waals surface area contributed by atoms with Crippen molar-refractivity contribution in [2.75, 3.05) is 32.6 Å². The summed E-state index contributed by atoms with van der Waals surface area (Å²) in [6, 6.07) is 18.1. The first-order valence-electron chi connectivity index (χ1n) is 14.3. The number of amides is 1. The summed E-state index contributed by atoms with van der Waals surface area (Å²) in [5, 5.41) is 17.2. The van der Waals surface area contributed by atoms with Gasteiger partial charge in [-0.05, 0) is 74.7 Å². The quantitative estimate of drug-likeness (QED) is 0.249. The number of benzene rings is 3. The van der Waals surface area contributed by atoms with Gasteiger partial charge in [0.25, 0.3) is 5.91 Å². The van der Waals surface area contributed by atoms with Crippen molar-refractivity contribution in [3.8, 4) is 22.8 Å². The molecule has 2 aromatic heterocycles. The lowest BCUT2D eigenvalue weighted by atomic mass is 10.0. The van der Waals surface area contributed by atoms with E-state index in [1.165, 1.54) is 0 Å². The Morgan fingerprint density at radius 1 is 1.02 bits per heavy atom. The molecule has 5 aromatic rings. The van der Waals surface area contributed by atoms with Crippen molar-refractivity contribution in [3.63, 3.8) is 0 Å². The van der Waals surface area contributed by atoms with Crippen LogP contribution in [0, 0.1) is 13.8 Å². The number of ether oxygens (including phenoxy) is 2. The maximum atomic E-state index is 13.7. The molecular formula is C33H36N6O3. The van der Waals surface area contributed by atoms with E-state index >= 15 is 0 Å². The Labute approximate surface area is 245 Å². The number of piperidine rings is 1. The van der Waals surface area contributed by atoms with Crippen LogP contribution in [-0.4, -0.2) is 52.8 Å². The first-order valence-corrected chi connectivity index (χ1v) is 14.3. The normalized spacial score (nSPS) is 13.8. The molecule has 0 atom stereocenters. The summed E-state index contributed by atoms with van der Waals surface area (Å²) >= 11 is 0. The molecule has 3 heterocycles. The molecule has 0 spiro atoms. The molecule has 9 heteroatoms. The van der Waals surface area contributed by atoms with Crippen LogP contribution in [0.5, 0.6) is 11.5 Å². The number of aromatic nitrogens is 4. The SMILES string of the molecule is COc1ccc(Cn2nc(-c3cnn(C4CCNCC4)c3)c3cc(C(=O)Nc4c(C)cccc4C)c(OC)cc32)cc1. The monoisotopic (exact) mass is 564 g/mol. The molecule has 3 aromatic carbocycles. The molecule has 1 saturated heterocycles. The number of fused-ring (bicyclic) bond motifs is 1. The highest BCUT2D eigenvalue weighted by atomic mass is 16.5. The van der Waals surface area contributed by atoms with Crippen molar-refractivity contribution < 1.29 is 14.3 Å². The van der Waals surface area contributed by atoms with Gasteiger partial charge in [-0.1, -0.05) is 30.3 Å². The second kappa shape index (κ2) is 11.7. The first-order chi connectivity index (χ1) is 20.4. The number of anilines is 1. The van der Waals surface area contributed by atoms with Crippen molar-refractivity contribution in [1.29, 1.82) is 0 Å². The van der Waals surface area contributed by atoms with E-state index in [0.717, 1.165) is 76.2 Å². The predicted octanol–water partition coefficient (Wildman–Crippen LogP) is 5.76. The van der Waals surface area contributed by atoms with Gasteiger partial charge in [0, 0.05) is 28.9 Å². The van der Waals surface area contributed by atoms with Crippen molar-refractivity contribution in [1.82, 2.24) is 24.9 Å². The van der Waals surface area contributed by atoms with Gasteiger partial charge >= 0.3 is 0 Å². The van der Waals surface area contributed by atoms with Gasteiger partial charge in [-0.25, -0.2) is 0 Å². The molecule has 1 aliphatic rings. The number of aryl methyl sites for hydroxylation is 2. The van der Waals surface area contributed by atoms with Gasteiger partial charge in [0.05, 0.1) is 44.1 Å². The smallest absolute Gasteiger partial charge is 0.259 e. The lowest BCUT2D eigenvalue weighted by molar-refractivity contribution is 0.102. The molecule has 0 saturated carbocycles. The molecule has 2 N–H and O–H groups in total. The Balaban J connectivity index is 1.44. The molecule has 1 fully saturated rings. The standard InChI is InChI=1S/C33H36N6O3/c1-21-6-5-7-22(2)31(21)36-33(40)28-16-27-29(17-30(28)42-4)39(19-23-8-10-26(41-3)11-9-23)37-32(27)24-18-35-38(20-24)25-12-14-34-15-13-25/h5-11,16-18,20,25,34H,12-15,19H2,1-4H3,(H,36,40). The van der Waals surface area contributed by atoms with Crippen LogP contribution in [0.1, 0.15) is 45.9 Å². The third-order valence-corrected chi connectivity index (χ3v) is 8.09. The van der Waals surface area contributed by atoms with Crippen LogP contribution in [0.2, 0.25) is 0 Å². The van der Waals surface area contributed by atoms with Gasteiger partial charge in [-0.15, -0.1) is 0 Å². The fourth-order valence-corrected chi connectivity index (χ4v) is 5.71. The minimum atomic E-state index is -0.231. The molecule has 1 amide bonds. The lowest BCUT2D eigenvalue weighted by Crippen LogP contribution is -2.29. The largest absolute Gasteiger partial charge is 0.497 e. The summed E-state index contributed by atoms with van der Waals surface area (Å²) in [4.78, 5) is 13.7. The Morgan fingerprint density at radius 2 is 1.76 bits per heavy atom. The van der Waals surface area contributed by atoms with Crippen LogP contribution >= 0.6 is 0 Å². The zero-order chi connectivity index (χ0) is 29.2. The maximum absolute atomic E-state index is 13.7. The minimum Gasteiger partial charge on any atom is -0.497 e. The third kappa shape index (κ3) is 5.35. The second-order valence-electron chi connectivity index (χ2n) is 10.8. The van der Waals surface area contributed by atoms with Crippen molar-refractivity contribution in [3.05, 3.63) is 89.2 Å². The van der Waals surface area contributed by atoms with Crippen LogP contribution < -0.4 is 20.1 Å². The fourth-order valence-electron chi connectivity index (χ4n) is 5.71. The number of para-hydroxylation sites is 1. The summed E-state index contributed by atoms with van der Waals surface area (Å²) in [7, 11) is 3.25. The van der Waals surface area contributed by atoms with E-state index in [2.05, 4.69) is 21.5 Å². The second-order valence-corrected chi connectivity index (χ2v) is 10.8. The van der Waals surface area contributed by atoms with E-state index in [-0.39, 0.29) is 5.91 Å². The molecule has 0 radical (unpaired) electrons. The predicted molar refractivity (Wildman–Crippen MR) is 165 cm³/mol. The Morgan fingerprint density at radius 3 is 2.45 bits per heavy atom. The molecule has 1 aliphatic heterocycles. The van der Waals surface area contributed by atoms with E-state index in [1.54, 1.807) is 14.2 Å². The number of nitrogens with zero attached hydrogens (tertiary/aromatic N) is 4. The zero-order valence-corrected chi connectivity index (χ0v) is 24.5. The number of methoxy groups -OCH3 is 2. The van der Waals surface area contributed by atoms with Crippen LogP contribution in [0.4, 0.5) is 5.69 Å². The topological polar surface area (TPSA) is 95.2 Å². The van der Waals surface area contributed by atoms with Crippen LogP contribution in [0.15, 0.2) is 67.0 Å². The van der Waals surface area contributed by atoms with Gasteiger partial charge in [0.15, 0.2) is 0 Å². The van der Waals surface area contributed by atoms with E-state index < -0.39 is 0 Å².